The molecule has 0 N–H and O–H groups in total. The molecule has 3 heterocycles. The minimum atomic E-state index is -0.430. The number of aromatic nitrogens is 2. The second-order valence-electron chi connectivity index (χ2n) is 8.64. The molecule has 1 aromatic carbocycles. The monoisotopic (exact) mass is 413 g/mol. The number of anilines is 2. The van der Waals surface area contributed by atoms with E-state index in [9.17, 15) is 9.18 Å². The number of rotatable bonds is 6. The number of carbonyl (C=O) groups excluding carboxylic acids is 1. The van der Waals surface area contributed by atoms with Gasteiger partial charge in [-0.3, -0.25) is 4.79 Å². The molecule has 2 fully saturated rings. The molecule has 0 radical (unpaired) electrons. The van der Waals surface area contributed by atoms with E-state index in [0.717, 1.165) is 38.5 Å². The first kappa shape index (κ1) is 20.5. The molecule has 0 saturated carbocycles. The van der Waals surface area contributed by atoms with Gasteiger partial charge in [-0.05, 0) is 18.7 Å². The number of hydrogen-bond donors (Lipinski definition) is 0. The molecule has 1 aromatic heterocycles. The molecule has 2 aliphatic rings. The summed E-state index contributed by atoms with van der Waals surface area (Å²) in [5, 5.41) is 0. The Bertz CT molecular complexity index is 937. The van der Waals surface area contributed by atoms with Crippen LogP contribution in [-0.2, 0) is 4.79 Å². The first-order valence-corrected chi connectivity index (χ1v) is 10.3. The summed E-state index contributed by atoms with van der Waals surface area (Å²) in [7, 11) is 1.63. The highest BCUT2D eigenvalue weighted by molar-refractivity contribution is 5.95. The van der Waals surface area contributed by atoms with Crippen LogP contribution in [0.15, 0.2) is 30.7 Å². The average Bonchev–Trinajstić information content (AvgIpc) is 2.67. The number of benzene rings is 1. The Labute approximate surface area is 176 Å². The molecule has 2 aromatic rings. The van der Waals surface area contributed by atoms with Gasteiger partial charge in [0.1, 0.15) is 12.1 Å². The first-order valence-electron chi connectivity index (χ1n) is 10.3. The van der Waals surface area contributed by atoms with Gasteiger partial charge in [0.05, 0.1) is 11.9 Å². The molecule has 160 valence electrons. The second kappa shape index (κ2) is 7.83. The van der Waals surface area contributed by atoms with Crippen LogP contribution in [0.1, 0.15) is 20.8 Å². The lowest BCUT2D eigenvalue weighted by Crippen LogP contribution is -2.72. The van der Waals surface area contributed by atoms with Gasteiger partial charge in [0, 0.05) is 50.6 Å². The predicted octanol–water partition coefficient (Wildman–Crippen LogP) is 3.17. The van der Waals surface area contributed by atoms with Crippen molar-refractivity contribution in [2.45, 2.75) is 20.8 Å². The highest BCUT2D eigenvalue weighted by Gasteiger charge is 2.52. The Balaban J connectivity index is 1.56. The third kappa shape index (κ3) is 3.71. The largest absolute Gasteiger partial charge is 0.450 e. The predicted molar refractivity (Wildman–Crippen MR) is 114 cm³/mol. The first-order chi connectivity index (χ1) is 14.3. The van der Waals surface area contributed by atoms with E-state index in [1.165, 1.54) is 29.4 Å². The number of ether oxygens (including phenoxy) is 1. The molecule has 1 spiro atoms. The van der Waals surface area contributed by atoms with E-state index in [1.807, 2.05) is 13.8 Å². The Hall–Kier alpha value is -2.74. The van der Waals surface area contributed by atoms with Gasteiger partial charge < -0.3 is 19.4 Å². The Morgan fingerprint density at radius 1 is 1.27 bits per heavy atom. The van der Waals surface area contributed by atoms with Gasteiger partial charge in [-0.1, -0.05) is 20.8 Å². The van der Waals surface area contributed by atoms with Gasteiger partial charge in [-0.15, -0.1) is 0 Å². The van der Waals surface area contributed by atoms with Gasteiger partial charge in [0.15, 0.2) is 17.3 Å². The van der Waals surface area contributed by atoms with Crippen molar-refractivity contribution in [1.82, 2.24) is 14.9 Å². The lowest BCUT2D eigenvalue weighted by Gasteiger charge is -2.60. The Kier molecular flexibility index (Phi) is 5.36. The third-order valence-electron chi connectivity index (χ3n) is 5.90. The Morgan fingerprint density at radius 2 is 2.00 bits per heavy atom. The smallest absolute Gasteiger partial charge is 0.229 e. The molecular formula is C22H28FN5O2. The van der Waals surface area contributed by atoms with Crippen LogP contribution in [0.25, 0.3) is 0 Å². The van der Waals surface area contributed by atoms with E-state index < -0.39 is 5.82 Å². The van der Waals surface area contributed by atoms with E-state index >= 15 is 0 Å². The fourth-order valence-electron chi connectivity index (χ4n) is 4.32. The topological polar surface area (TPSA) is 61.8 Å². The van der Waals surface area contributed by atoms with E-state index in [2.05, 4.69) is 26.7 Å². The molecule has 0 bridgehead atoms. The number of carbonyl (C=O) groups is 1. The summed E-state index contributed by atoms with van der Waals surface area (Å²) in [6.07, 6.45) is 3.12. The van der Waals surface area contributed by atoms with E-state index in [0.29, 0.717) is 22.6 Å². The normalized spacial score (nSPS) is 17.6. The zero-order valence-electron chi connectivity index (χ0n) is 17.9. The van der Waals surface area contributed by atoms with E-state index in [4.69, 9.17) is 4.74 Å². The van der Waals surface area contributed by atoms with Crippen LogP contribution in [0, 0.1) is 17.2 Å². The van der Waals surface area contributed by atoms with Crippen LogP contribution >= 0.6 is 0 Å². The summed E-state index contributed by atoms with van der Waals surface area (Å²) < 4.78 is 20.1. The lowest BCUT2D eigenvalue weighted by molar-refractivity contribution is -0.121. The summed E-state index contributed by atoms with van der Waals surface area (Å²) in [6, 6.07) is 4.17. The number of hydrogen-bond acceptors (Lipinski definition) is 6. The maximum atomic E-state index is 13.9. The molecular weight excluding hydrogens is 385 g/mol. The third-order valence-corrected chi connectivity index (χ3v) is 5.90. The second-order valence-corrected chi connectivity index (χ2v) is 8.64. The van der Waals surface area contributed by atoms with Crippen molar-refractivity contribution < 1.29 is 13.9 Å². The molecule has 1 amide bonds. The molecule has 7 nitrogen and oxygen atoms in total. The summed E-state index contributed by atoms with van der Waals surface area (Å²) >= 11 is 0. The number of halogens is 1. The molecule has 2 aliphatic heterocycles. The summed E-state index contributed by atoms with van der Waals surface area (Å²) in [5.41, 5.74) is 0.726. The van der Waals surface area contributed by atoms with Crippen molar-refractivity contribution >= 4 is 17.4 Å². The van der Waals surface area contributed by atoms with Gasteiger partial charge in [-0.2, -0.15) is 0 Å². The SMILES string of the molecule is CCN1CC2(C1)CN(c1ncncc1Oc1ccc(F)cc1N(C)C(=O)C(C)C)C2. The van der Waals surface area contributed by atoms with Crippen LogP contribution in [-0.4, -0.2) is 60.5 Å². The summed E-state index contributed by atoms with van der Waals surface area (Å²) in [4.78, 5) is 27.1. The standard InChI is InChI=1S/C22H28FN5O2/c1-5-27-10-22(11-27)12-28(13-22)20-19(9-24-14-25-20)30-18-7-6-16(23)8-17(18)26(4)21(29)15(2)3/h6-9,14-15H,5,10-13H2,1-4H3. The van der Waals surface area contributed by atoms with Crippen molar-refractivity contribution in [3.05, 3.63) is 36.5 Å². The van der Waals surface area contributed by atoms with Crippen LogP contribution in [0.3, 0.4) is 0 Å². The highest BCUT2D eigenvalue weighted by atomic mass is 19.1. The van der Waals surface area contributed by atoms with Crippen molar-refractivity contribution in [2.24, 2.45) is 11.3 Å². The highest BCUT2D eigenvalue weighted by Crippen LogP contribution is 2.44. The fourth-order valence-corrected chi connectivity index (χ4v) is 4.32. The number of amides is 1. The minimum Gasteiger partial charge on any atom is -0.450 e. The average molecular weight is 413 g/mol. The van der Waals surface area contributed by atoms with Gasteiger partial charge in [0.2, 0.25) is 5.91 Å². The maximum Gasteiger partial charge on any atom is 0.229 e. The van der Waals surface area contributed by atoms with Crippen molar-refractivity contribution in [1.29, 1.82) is 0 Å². The molecule has 2 saturated heterocycles. The zero-order chi connectivity index (χ0) is 21.5. The molecule has 8 heteroatoms. The van der Waals surface area contributed by atoms with Crippen molar-refractivity contribution in [2.75, 3.05) is 49.6 Å². The summed E-state index contributed by atoms with van der Waals surface area (Å²) in [5.74, 6) is 0.839. The van der Waals surface area contributed by atoms with Crippen molar-refractivity contribution in [3.63, 3.8) is 0 Å². The molecule has 0 unspecified atom stereocenters. The number of nitrogens with zero attached hydrogens (tertiary/aromatic N) is 5. The molecule has 4 rings (SSSR count). The molecule has 0 atom stereocenters. The van der Waals surface area contributed by atoms with E-state index in [-0.39, 0.29) is 11.8 Å². The summed E-state index contributed by atoms with van der Waals surface area (Å²) in [6.45, 7) is 11.0. The lowest BCUT2D eigenvalue weighted by atomic mass is 9.73. The van der Waals surface area contributed by atoms with Gasteiger partial charge in [0.25, 0.3) is 0 Å². The molecule has 0 aliphatic carbocycles. The van der Waals surface area contributed by atoms with Crippen LogP contribution in [0.4, 0.5) is 15.9 Å². The minimum absolute atomic E-state index is 0.120. The maximum absolute atomic E-state index is 13.9. The van der Waals surface area contributed by atoms with Gasteiger partial charge in [-0.25, -0.2) is 14.4 Å². The fraction of sp³-hybridized carbons (Fsp3) is 0.500. The number of likely N-dealkylation sites (tertiary alicyclic amines) is 1. The van der Waals surface area contributed by atoms with Gasteiger partial charge >= 0.3 is 0 Å². The molecule has 30 heavy (non-hydrogen) atoms. The van der Waals surface area contributed by atoms with E-state index in [1.54, 1.807) is 13.2 Å². The van der Waals surface area contributed by atoms with Crippen LogP contribution < -0.4 is 14.5 Å². The van der Waals surface area contributed by atoms with Crippen LogP contribution in [0.5, 0.6) is 11.5 Å². The Morgan fingerprint density at radius 3 is 2.67 bits per heavy atom. The van der Waals surface area contributed by atoms with Crippen LogP contribution in [0.2, 0.25) is 0 Å². The quantitative estimate of drug-likeness (QED) is 0.725. The zero-order valence-corrected chi connectivity index (χ0v) is 17.9. The van der Waals surface area contributed by atoms with Crippen molar-refractivity contribution in [3.8, 4) is 11.5 Å².